The number of aryl methyl sites for hydroxylation is 1. The molecule has 17 heavy (non-hydrogen) atoms. The van der Waals surface area contributed by atoms with Crippen LogP contribution in [0.4, 0.5) is 0 Å². The highest BCUT2D eigenvalue weighted by molar-refractivity contribution is 7.08. The van der Waals surface area contributed by atoms with Gasteiger partial charge in [0.2, 0.25) is 0 Å². The standard InChI is InChI=1S/C15H25NS/c1-3-9-16-15(13-7-5-4-6-8-13)14-11-17-10-12(14)2/h10-11,13,15-16H,3-9H2,1-2H3. The van der Waals surface area contributed by atoms with Crippen LogP contribution in [0.15, 0.2) is 10.8 Å². The van der Waals surface area contributed by atoms with Gasteiger partial charge in [0, 0.05) is 6.04 Å². The lowest BCUT2D eigenvalue weighted by atomic mass is 9.81. The van der Waals surface area contributed by atoms with Gasteiger partial charge in [-0.3, -0.25) is 0 Å². The van der Waals surface area contributed by atoms with Crippen LogP contribution in [-0.2, 0) is 0 Å². The third kappa shape index (κ3) is 3.32. The molecular formula is C15H25NS. The summed E-state index contributed by atoms with van der Waals surface area (Å²) in [6.07, 6.45) is 8.36. The number of thiophene rings is 1. The number of hydrogen-bond donors (Lipinski definition) is 1. The summed E-state index contributed by atoms with van der Waals surface area (Å²) < 4.78 is 0. The second kappa shape index (κ2) is 6.55. The van der Waals surface area contributed by atoms with E-state index in [1.807, 2.05) is 11.3 Å². The Balaban J connectivity index is 2.09. The van der Waals surface area contributed by atoms with Gasteiger partial charge in [-0.1, -0.05) is 26.2 Å². The van der Waals surface area contributed by atoms with Gasteiger partial charge in [0.25, 0.3) is 0 Å². The van der Waals surface area contributed by atoms with Gasteiger partial charge in [0.05, 0.1) is 0 Å². The van der Waals surface area contributed by atoms with Gasteiger partial charge in [0.1, 0.15) is 0 Å². The minimum atomic E-state index is 0.612. The molecule has 2 rings (SSSR count). The maximum absolute atomic E-state index is 3.79. The lowest BCUT2D eigenvalue weighted by Gasteiger charge is -2.31. The van der Waals surface area contributed by atoms with Gasteiger partial charge < -0.3 is 5.32 Å². The molecule has 1 N–H and O–H groups in total. The third-order valence-electron chi connectivity index (χ3n) is 3.97. The zero-order valence-corrected chi connectivity index (χ0v) is 12.0. The van der Waals surface area contributed by atoms with Crippen LogP contribution in [0.1, 0.15) is 62.6 Å². The van der Waals surface area contributed by atoms with E-state index in [1.165, 1.54) is 44.1 Å². The van der Waals surface area contributed by atoms with E-state index in [0.29, 0.717) is 6.04 Å². The monoisotopic (exact) mass is 251 g/mol. The van der Waals surface area contributed by atoms with Gasteiger partial charge in [-0.15, -0.1) is 0 Å². The lowest BCUT2D eigenvalue weighted by molar-refractivity contribution is 0.272. The molecule has 1 atom stereocenters. The first-order chi connectivity index (χ1) is 8.33. The van der Waals surface area contributed by atoms with E-state index in [-0.39, 0.29) is 0 Å². The van der Waals surface area contributed by atoms with Gasteiger partial charge in [-0.25, -0.2) is 0 Å². The highest BCUT2D eigenvalue weighted by Gasteiger charge is 2.25. The van der Waals surface area contributed by atoms with Crippen LogP contribution in [0.5, 0.6) is 0 Å². The minimum absolute atomic E-state index is 0.612. The van der Waals surface area contributed by atoms with E-state index >= 15 is 0 Å². The number of nitrogens with one attached hydrogen (secondary N) is 1. The quantitative estimate of drug-likeness (QED) is 0.801. The van der Waals surface area contributed by atoms with E-state index in [4.69, 9.17) is 0 Å². The molecule has 96 valence electrons. The lowest BCUT2D eigenvalue weighted by Crippen LogP contribution is -2.30. The topological polar surface area (TPSA) is 12.0 Å². The van der Waals surface area contributed by atoms with E-state index in [0.717, 1.165) is 12.5 Å². The molecule has 0 bridgehead atoms. The Morgan fingerprint density at radius 2 is 2.06 bits per heavy atom. The molecule has 2 heteroatoms. The first kappa shape index (κ1) is 13.1. The van der Waals surface area contributed by atoms with Crippen LogP contribution in [0.25, 0.3) is 0 Å². The van der Waals surface area contributed by atoms with E-state index in [1.54, 1.807) is 5.56 Å². The molecule has 0 radical (unpaired) electrons. The molecule has 1 saturated carbocycles. The SMILES string of the molecule is CCCNC(c1cscc1C)C1CCCCC1. The van der Waals surface area contributed by atoms with Crippen molar-refractivity contribution in [2.45, 2.75) is 58.4 Å². The molecule has 1 aliphatic carbocycles. The molecule has 0 aromatic carbocycles. The highest BCUT2D eigenvalue weighted by Crippen LogP contribution is 2.36. The maximum atomic E-state index is 3.79. The highest BCUT2D eigenvalue weighted by atomic mass is 32.1. The predicted octanol–water partition coefficient (Wildman–Crippen LogP) is 4.68. The summed E-state index contributed by atoms with van der Waals surface area (Å²) in [5.74, 6) is 0.864. The van der Waals surface area contributed by atoms with Gasteiger partial charge >= 0.3 is 0 Å². The fourth-order valence-electron chi connectivity index (χ4n) is 2.99. The van der Waals surface area contributed by atoms with Crippen LogP contribution < -0.4 is 5.32 Å². The van der Waals surface area contributed by atoms with E-state index in [2.05, 4.69) is 29.9 Å². The molecule has 1 aliphatic rings. The molecular weight excluding hydrogens is 226 g/mol. The van der Waals surface area contributed by atoms with Crippen molar-refractivity contribution in [1.82, 2.24) is 5.32 Å². The van der Waals surface area contributed by atoms with Crippen molar-refractivity contribution in [3.8, 4) is 0 Å². The maximum Gasteiger partial charge on any atom is 0.0359 e. The summed E-state index contributed by atoms with van der Waals surface area (Å²) in [5, 5.41) is 8.44. The third-order valence-corrected chi connectivity index (χ3v) is 4.85. The van der Waals surface area contributed by atoms with Gasteiger partial charge in [0.15, 0.2) is 0 Å². The normalized spacial score (nSPS) is 19.4. The van der Waals surface area contributed by atoms with Crippen LogP contribution in [-0.4, -0.2) is 6.54 Å². The summed E-state index contributed by atoms with van der Waals surface area (Å²) in [6, 6.07) is 0.612. The van der Waals surface area contributed by atoms with Crippen LogP contribution in [0.3, 0.4) is 0 Å². The zero-order valence-electron chi connectivity index (χ0n) is 11.2. The summed E-state index contributed by atoms with van der Waals surface area (Å²) >= 11 is 1.85. The Morgan fingerprint density at radius 3 is 2.65 bits per heavy atom. The Labute approximate surface area is 110 Å². The Kier molecular flexibility index (Phi) is 5.05. The van der Waals surface area contributed by atoms with Crippen molar-refractivity contribution in [1.29, 1.82) is 0 Å². The molecule has 0 spiro atoms. The molecule has 1 aromatic rings. The summed E-state index contributed by atoms with van der Waals surface area (Å²) in [6.45, 7) is 5.66. The average molecular weight is 251 g/mol. The fourth-order valence-corrected chi connectivity index (χ4v) is 3.87. The van der Waals surface area contributed by atoms with Crippen molar-refractivity contribution in [2.24, 2.45) is 5.92 Å². The Bertz CT molecular complexity index is 325. The average Bonchev–Trinajstić information content (AvgIpc) is 2.78. The molecule has 0 amide bonds. The Morgan fingerprint density at radius 1 is 1.29 bits per heavy atom. The molecule has 1 aromatic heterocycles. The molecule has 1 unspecified atom stereocenters. The second-order valence-electron chi connectivity index (χ2n) is 5.34. The van der Waals surface area contributed by atoms with Crippen molar-refractivity contribution >= 4 is 11.3 Å². The predicted molar refractivity (Wildman–Crippen MR) is 76.7 cm³/mol. The smallest absolute Gasteiger partial charge is 0.0359 e. The van der Waals surface area contributed by atoms with Gasteiger partial charge in [-0.05, 0) is 60.5 Å². The van der Waals surface area contributed by atoms with Crippen LogP contribution in [0.2, 0.25) is 0 Å². The van der Waals surface area contributed by atoms with Crippen LogP contribution in [0, 0.1) is 12.8 Å². The molecule has 1 heterocycles. The first-order valence-corrected chi connectivity index (χ1v) is 8.03. The Hall–Kier alpha value is -0.340. The molecule has 1 fully saturated rings. The molecule has 0 aliphatic heterocycles. The number of rotatable bonds is 5. The van der Waals surface area contributed by atoms with Crippen molar-refractivity contribution in [2.75, 3.05) is 6.54 Å². The molecule has 0 saturated heterocycles. The van der Waals surface area contributed by atoms with Crippen LogP contribution >= 0.6 is 11.3 Å². The zero-order chi connectivity index (χ0) is 12.1. The van der Waals surface area contributed by atoms with E-state index in [9.17, 15) is 0 Å². The van der Waals surface area contributed by atoms with E-state index < -0.39 is 0 Å². The van der Waals surface area contributed by atoms with Gasteiger partial charge in [-0.2, -0.15) is 11.3 Å². The largest absolute Gasteiger partial charge is 0.310 e. The summed E-state index contributed by atoms with van der Waals surface area (Å²) in [5.41, 5.74) is 3.05. The first-order valence-electron chi connectivity index (χ1n) is 7.09. The number of hydrogen-bond acceptors (Lipinski definition) is 2. The summed E-state index contributed by atoms with van der Waals surface area (Å²) in [4.78, 5) is 0. The van der Waals surface area contributed by atoms with Crippen molar-refractivity contribution in [3.63, 3.8) is 0 Å². The minimum Gasteiger partial charge on any atom is -0.310 e. The second-order valence-corrected chi connectivity index (χ2v) is 6.08. The fraction of sp³-hybridized carbons (Fsp3) is 0.733. The summed E-state index contributed by atoms with van der Waals surface area (Å²) in [7, 11) is 0. The van der Waals surface area contributed by atoms with Crippen molar-refractivity contribution < 1.29 is 0 Å². The molecule has 1 nitrogen and oxygen atoms in total. The van der Waals surface area contributed by atoms with Crippen molar-refractivity contribution in [3.05, 3.63) is 21.9 Å².